The average Bonchev–Trinajstić information content (AvgIpc) is 2.88. The van der Waals surface area contributed by atoms with E-state index in [-0.39, 0.29) is 5.92 Å². The van der Waals surface area contributed by atoms with Crippen molar-refractivity contribution in [2.24, 2.45) is 5.92 Å². The Labute approximate surface area is 256 Å². The molecule has 0 fully saturated rings. The third kappa shape index (κ3) is 10.4. The molecule has 16 heteroatoms. The second-order valence-corrected chi connectivity index (χ2v) is 13.1. The molecule has 0 unspecified atom stereocenters. The Morgan fingerprint density at radius 1 is 0.614 bits per heavy atom. The highest BCUT2D eigenvalue weighted by Crippen LogP contribution is 2.16. The van der Waals surface area contributed by atoms with Gasteiger partial charge in [-0.1, -0.05) is 13.8 Å². The van der Waals surface area contributed by atoms with Gasteiger partial charge in [-0.2, -0.15) is 0 Å². The summed E-state index contributed by atoms with van der Waals surface area (Å²) in [5, 5.41) is 14.4. The Kier molecular flexibility index (Phi) is 13.5. The summed E-state index contributed by atoms with van der Waals surface area (Å²) in [7, 11) is 0.893. The van der Waals surface area contributed by atoms with Gasteiger partial charge in [0.05, 0.1) is 7.11 Å². The molecule has 0 spiro atoms. The van der Waals surface area contributed by atoms with Crippen LogP contribution in [0.15, 0.2) is 0 Å². The van der Waals surface area contributed by atoms with E-state index >= 15 is 0 Å². The molecule has 0 aliphatic carbocycles. The molecular formula is C28H48F2N6O8. The Morgan fingerprint density at radius 3 is 1.20 bits per heavy atom. The number of carbonyl (C=O) groups excluding carboxylic acids is 7. The first-order valence-corrected chi connectivity index (χ1v) is 13.8. The fraction of sp³-hybridized carbons (Fsp3) is 0.750. The van der Waals surface area contributed by atoms with Crippen LogP contribution in [0, 0.1) is 5.92 Å². The van der Waals surface area contributed by atoms with Crippen LogP contribution in [0.25, 0.3) is 0 Å². The number of amides is 6. The normalized spacial score (nSPS) is 13.2. The Morgan fingerprint density at radius 2 is 0.932 bits per heavy atom. The lowest BCUT2D eigenvalue weighted by Crippen LogP contribution is -2.69. The molecule has 0 heterocycles. The highest BCUT2D eigenvalue weighted by atomic mass is 19.1. The Bertz CT molecular complexity index is 1130. The number of esters is 1. The van der Waals surface area contributed by atoms with Gasteiger partial charge in [0.15, 0.2) is 5.54 Å². The van der Waals surface area contributed by atoms with Crippen molar-refractivity contribution >= 4 is 41.4 Å². The van der Waals surface area contributed by atoms with E-state index in [1.54, 1.807) is 13.8 Å². The van der Waals surface area contributed by atoms with E-state index in [0.717, 1.165) is 7.11 Å². The molecule has 6 amide bonds. The molecule has 0 aliphatic heterocycles. The molecule has 0 radical (unpaired) electrons. The maximum absolute atomic E-state index is 13.6. The first-order chi connectivity index (χ1) is 19.7. The largest absolute Gasteiger partial charge is 0.467 e. The van der Waals surface area contributed by atoms with Gasteiger partial charge in [-0.05, 0) is 61.3 Å². The molecule has 0 aromatic heterocycles. The van der Waals surface area contributed by atoms with E-state index in [2.05, 4.69) is 31.3 Å². The van der Waals surface area contributed by atoms with E-state index in [1.165, 1.54) is 62.3 Å². The van der Waals surface area contributed by atoms with Gasteiger partial charge >= 0.3 is 5.97 Å². The van der Waals surface area contributed by atoms with Crippen LogP contribution < -0.4 is 31.9 Å². The summed E-state index contributed by atoms with van der Waals surface area (Å²) in [4.78, 5) is 88.5. The summed E-state index contributed by atoms with van der Waals surface area (Å²) >= 11 is 0. The van der Waals surface area contributed by atoms with Crippen LogP contribution in [0.5, 0.6) is 0 Å². The van der Waals surface area contributed by atoms with Crippen LogP contribution in [0.3, 0.4) is 0 Å². The molecule has 0 saturated heterocycles. The standard InChI is InChI=1S/C28H48F2N6O8/c1-15(2)17(31-16(3)37)18(38)32-24(4,5)19(39)33-25(6,7)20(40)34-26(8,9)21(41)35-27(10,11)22(42)36-28(13-29,14-30)23(43)44-12/h15,17H,13-14H2,1-12H3,(H,31,37)(H,32,38)(H,33,39)(H,34,40)(H,35,41)(H,36,42)/t17-/m0/s1. The number of methoxy groups -OCH3 is 1. The molecule has 6 N–H and O–H groups in total. The minimum Gasteiger partial charge on any atom is -0.467 e. The fourth-order valence-corrected chi connectivity index (χ4v) is 3.52. The van der Waals surface area contributed by atoms with Crippen LogP contribution in [-0.2, 0) is 38.3 Å². The van der Waals surface area contributed by atoms with Crippen molar-refractivity contribution in [1.29, 1.82) is 0 Å². The molecule has 14 nitrogen and oxygen atoms in total. The van der Waals surface area contributed by atoms with Gasteiger partial charge in [-0.25, -0.2) is 13.6 Å². The number of hydrogen-bond acceptors (Lipinski definition) is 8. The van der Waals surface area contributed by atoms with Crippen molar-refractivity contribution in [3.05, 3.63) is 0 Å². The van der Waals surface area contributed by atoms with Crippen molar-refractivity contribution in [2.45, 2.75) is 110 Å². The third-order valence-electron chi connectivity index (χ3n) is 6.68. The van der Waals surface area contributed by atoms with Crippen molar-refractivity contribution in [3.8, 4) is 0 Å². The second kappa shape index (κ2) is 14.8. The number of rotatable bonds is 15. The number of halogens is 2. The van der Waals surface area contributed by atoms with E-state index in [1.807, 2.05) is 5.32 Å². The Hall–Kier alpha value is -3.85. The molecule has 0 aromatic carbocycles. The predicted octanol–water partition coefficient (Wildman–Crippen LogP) is -0.307. The topological polar surface area (TPSA) is 201 Å². The molecule has 0 rings (SSSR count). The van der Waals surface area contributed by atoms with Gasteiger partial charge in [-0.3, -0.25) is 28.8 Å². The predicted molar refractivity (Wildman–Crippen MR) is 156 cm³/mol. The lowest BCUT2D eigenvalue weighted by Gasteiger charge is -2.37. The Balaban J connectivity index is 5.65. The molecule has 252 valence electrons. The molecule has 0 bridgehead atoms. The molecule has 1 atom stereocenters. The van der Waals surface area contributed by atoms with Crippen molar-refractivity contribution < 1.29 is 47.1 Å². The summed E-state index contributed by atoms with van der Waals surface area (Å²) in [5.41, 5.74) is -9.26. The van der Waals surface area contributed by atoms with E-state index in [9.17, 15) is 42.3 Å². The second-order valence-electron chi connectivity index (χ2n) is 13.1. The van der Waals surface area contributed by atoms with Crippen molar-refractivity contribution in [1.82, 2.24) is 31.9 Å². The zero-order valence-corrected chi connectivity index (χ0v) is 27.6. The lowest BCUT2D eigenvalue weighted by molar-refractivity contribution is -0.153. The molecule has 0 aliphatic rings. The van der Waals surface area contributed by atoms with Crippen LogP contribution in [-0.4, -0.2) is 95.6 Å². The van der Waals surface area contributed by atoms with E-state index in [0.29, 0.717) is 0 Å². The summed E-state index contributed by atoms with van der Waals surface area (Å²) in [6.45, 7) is 12.1. The smallest absolute Gasteiger partial charge is 0.337 e. The van der Waals surface area contributed by atoms with Gasteiger partial charge in [0.1, 0.15) is 41.5 Å². The summed E-state index contributed by atoms with van der Waals surface area (Å²) in [5.74, 6) is -6.23. The van der Waals surface area contributed by atoms with Crippen LogP contribution in [0.4, 0.5) is 8.78 Å². The highest BCUT2D eigenvalue weighted by Gasteiger charge is 2.47. The maximum atomic E-state index is 13.6. The first kappa shape index (κ1) is 40.1. The van der Waals surface area contributed by atoms with Gasteiger partial charge in [0, 0.05) is 6.92 Å². The minimum absolute atomic E-state index is 0.285. The van der Waals surface area contributed by atoms with Gasteiger partial charge in [0.25, 0.3) is 0 Å². The average molecular weight is 635 g/mol. The monoisotopic (exact) mass is 634 g/mol. The van der Waals surface area contributed by atoms with Crippen LogP contribution in [0.2, 0.25) is 0 Å². The van der Waals surface area contributed by atoms with Crippen LogP contribution >= 0.6 is 0 Å². The number of nitrogens with one attached hydrogen (secondary N) is 6. The maximum Gasteiger partial charge on any atom is 0.337 e. The molecular weight excluding hydrogens is 586 g/mol. The van der Waals surface area contributed by atoms with Gasteiger partial charge < -0.3 is 36.6 Å². The summed E-state index contributed by atoms with van der Waals surface area (Å²) < 4.78 is 31.6. The molecule has 0 aromatic rings. The number of carbonyl (C=O) groups is 7. The minimum atomic E-state index is -2.60. The van der Waals surface area contributed by atoms with E-state index < -0.39 is 88.5 Å². The molecule has 0 saturated carbocycles. The zero-order chi connectivity index (χ0) is 35.1. The summed E-state index contributed by atoms with van der Waals surface area (Å²) in [6.07, 6.45) is 0. The third-order valence-corrected chi connectivity index (χ3v) is 6.68. The van der Waals surface area contributed by atoms with Gasteiger partial charge in [-0.15, -0.1) is 0 Å². The summed E-state index contributed by atoms with van der Waals surface area (Å²) in [6, 6.07) is -0.910. The number of hydrogen-bond donors (Lipinski definition) is 6. The number of ether oxygens (including phenoxy) is 1. The first-order valence-electron chi connectivity index (χ1n) is 13.8. The zero-order valence-electron chi connectivity index (χ0n) is 27.6. The van der Waals surface area contributed by atoms with E-state index in [4.69, 9.17) is 0 Å². The van der Waals surface area contributed by atoms with Crippen LogP contribution in [0.1, 0.15) is 76.2 Å². The van der Waals surface area contributed by atoms with Crippen molar-refractivity contribution in [2.75, 3.05) is 20.5 Å². The van der Waals surface area contributed by atoms with Crippen molar-refractivity contribution in [3.63, 3.8) is 0 Å². The number of alkyl halides is 2. The SMILES string of the molecule is COC(=O)C(CF)(CF)NC(=O)C(C)(C)NC(=O)C(C)(C)NC(=O)C(C)(C)NC(=O)C(C)(C)NC(=O)[C@@H](NC(C)=O)C(C)C. The quantitative estimate of drug-likeness (QED) is 0.132. The fourth-order valence-electron chi connectivity index (χ4n) is 3.52. The molecule has 44 heavy (non-hydrogen) atoms. The lowest BCUT2D eigenvalue weighted by atomic mass is 9.94. The highest BCUT2D eigenvalue weighted by molar-refractivity contribution is 6.01. The van der Waals surface area contributed by atoms with Gasteiger partial charge in [0.2, 0.25) is 35.4 Å².